The number of fused-ring (bicyclic) bond motifs is 1. The van der Waals surface area contributed by atoms with Gasteiger partial charge >= 0.3 is 0 Å². The van der Waals surface area contributed by atoms with Crippen molar-refractivity contribution < 1.29 is 19.4 Å². The van der Waals surface area contributed by atoms with Gasteiger partial charge in [-0.25, -0.2) is 5.43 Å². The summed E-state index contributed by atoms with van der Waals surface area (Å²) in [6.07, 6.45) is 1.39. The molecule has 3 aromatic rings. The third-order valence-electron chi connectivity index (χ3n) is 4.57. The Kier molecular flexibility index (Phi) is 5.20. The van der Waals surface area contributed by atoms with Gasteiger partial charge in [-0.05, 0) is 17.2 Å². The maximum absolute atomic E-state index is 13.0. The lowest BCUT2D eigenvalue weighted by atomic mass is 9.85. The average molecular weight is 409 g/mol. The minimum absolute atomic E-state index is 0.129. The van der Waals surface area contributed by atoms with Gasteiger partial charge in [0.15, 0.2) is 17.1 Å². The molecule has 0 aromatic heterocycles. The van der Waals surface area contributed by atoms with Crippen LogP contribution in [0.25, 0.3) is 0 Å². The van der Waals surface area contributed by atoms with Crippen molar-refractivity contribution in [2.45, 2.75) is 5.60 Å². The molecule has 4 rings (SSSR count). The summed E-state index contributed by atoms with van der Waals surface area (Å²) < 4.78 is 10.6. The molecule has 1 amide bonds. The number of ether oxygens (including phenoxy) is 2. The molecule has 1 aliphatic rings. The van der Waals surface area contributed by atoms with E-state index < -0.39 is 11.5 Å². The van der Waals surface area contributed by atoms with Gasteiger partial charge in [-0.3, -0.25) is 4.79 Å². The van der Waals surface area contributed by atoms with E-state index in [0.717, 1.165) is 0 Å². The zero-order chi connectivity index (χ0) is 20.3. The molecule has 2 N–H and O–H groups in total. The number of carbonyl (C=O) groups excluding carboxylic acids is 1. The van der Waals surface area contributed by atoms with E-state index in [1.807, 2.05) is 12.1 Å². The lowest BCUT2D eigenvalue weighted by molar-refractivity contribution is -0.136. The number of carbonyl (C=O) groups is 1. The number of hydrogen-bond donors (Lipinski definition) is 2. The van der Waals surface area contributed by atoms with E-state index in [1.54, 1.807) is 60.7 Å². The van der Waals surface area contributed by atoms with Crippen molar-refractivity contribution in [3.05, 3.63) is 94.5 Å². The van der Waals surface area contributed by atoms with Crippen molar-refractivity contribution in [1.82, 2.24) is 5.43 Å². The molecule has 0 atom stereocenters. The van der Waals surface area contributed by atoms with Crippen molar-refractivity contribution >= 4 is 23.7 Å². The van der Waals surface area contributed by atoms with E-state index in [0.29, 0.717) is 33.2 Å². The predicted molar refractivity (Wildman–Crippen MR) is 109 cm³/mol. The largest absolute Gasteiger partial charge is 0.454 e. The van der Waals surface area contributed by atoms with E-state index in [2.05, 4.69) is 10.5 Å². The molecule has 0 fully saturated rings. The van der Waals surface area contributed by atoms with Gasteiger partial charge in [0.2, 0.25) is 6.79 Å². The number of halogens is 1. The van der Waals surface area contributed by atoms with Crippen LogP contribution in [0.2, 0.25) is 5.02 Å². The Morgan fingerprint density at radius 2 is 1.55 bits per heavy atom. The van der Waals surface area contributed by atoms with Gasteiger partial charge in [0.25, 0.3) is 5.91 Å². The highest BCUT2D eigenvalue weighted by atomic mass is 35.5. The molecule has 0 saturated carbocycles. The number of hydrogen-bond acceptors (Lipinski definition) is 5. The summed E-state index contributed by atoms with van der Waals surface area (Å²) in [5.41, 5.74) is 1.91. The highest BCUT2D eigenvalue weighted by Crippen LogP contribution is 2.36. The maximum Gasteiger partial charge on any atom is 0.281 e. The van der Waals surface area contributed by atoms with Gasteiger partial charge in [-0.2, -0.15) is 5.10 Å². The molecule has 0 unspecified atom stereocenters. The molecule has 1 heterocycles. The summed E-state index contributed by atoms with van der Waals surface area (Å²) in [6, 6.07) is 20.7. The monoisotopic (exact) mass is 408 g/mol. The maximum atomic E-state index is 13.0. The number of rotatable bonds is 5. The Morgan fingerprint density at radius 1 is 1.00 bits per heavy atom. The molecule has 0 radical (unpaired) electrons. The van der Waals surface area contributed by atoms with Crippen LogP contribution in [-0.2, 0) is 10.4 Å². The zero-order valence-electron chi connectivity index (χ0n) is 15.2. The van der Waals surface area contributed by atoms with E-state index in [4.69, 9.17) is 21.1 Å². The lowest BCUT2D eigenvalue weighted by Crippen LogP contribution is -2.43. The Labute approximate surface area is 172 Å². The van der Waals surface area contributed by atoms with Crippen LogP contribution in [0.1, 0.15) is 16.7 Å². The van der Waals surface area contributed by atoms with Crippen LogP contribution in [0, 0.1) is 0 Å². The zero-order valence-corrected chi connectivity index (χ0v) is 16.0. The standard InChI is InChI=1S/C22H17ClN2O4/c23-18-12-20-19(28-14-29-20)11-15(18)13-24-25-21(26)22(27,16-7-3-1-4-8-16)17-9-5-2-6-10-17/h1-13,27H,14H2,(H,25,26)/b24-13+. The summed E-state index contributed by atoms with van der Waals surface area (Å²) in [5.74, 6) is 0.411. The molecule has 146 valence electrons. The van der Waals surface area contributed by atoms with Crippen molar-refractivity contribution in [2.24, 2.45) is 5.10 Å². The third kappa shape index (κ3) is 3.68. The highest BCUT2D eigenvalue weighted by Gasteiger charge is 2.39. The van der Waals surface area contributed by atoms with Gasteiger partial charge in [0.05, 0.1) is 11.2 Å². The number of benzene rings is 3. The van der Waals surface area contributed by atoms with Crippen LogP contribution in [0.15, 0.2) is 77.9 Å². The number of amides is 1. The molecule has 0 saturated heterocycles. The second-order valence-corrected chi connectivity index (χ2v) is 6.78. The van der Waals surface area contributed by atoms with Gasteiger partial charge < -0.3 is 14.6 Å². The van der Waals surface area contributed by atoms with Crippen molar-refractivity contribution in [3.8, 4) is 11.5 Å². The minimum Gasteiger partial charge on any atom is -0.454 e. The Bertz CT molecular complexity index is 1020. The second kappa shape index (κ2) is 7.95. The molecule has 7 heteroatoms. The minimum atomic E-state index is -1.90. The van der Waals surface area contributed by atoms with E-state index >= 15 is 0 Å². The third-order valence-corrected chi connectivity index (χ3v) is 4.90. The second-order valence-electron chi connectivity index (χ2n) is 6.37. The average Bonchev–Trinajstić information content (AvgIpc) is 3.21. The molecule has 0 bridgehead atoms. The van der Waals surface area contributed by atoms with Crippen LogP contribution < -0.4 is 14.9 Å². The normalized spacial score (nSPS) is 12.9. The van der Waals surface area contributed by atoms with Crippen LogP contribution >= 0.6 is 11.6 Å². The number of aliphatic hydroxyl groups is 1. The SMILES string of the molecule is O=C(N/N=C/c1cc2c(cc1Cl)OCO2)C(O)(c1ccccc1)c1ccccc1. The van der Waals surface area contributed by atoms with Crippen molar-refractivity contribution in [2.75, 3.05) is 6.79 Å². The first kappa shape index (κ1) is 19.0. The van der Waals surface area contributed by atoms with Gasteiger partial charge in [0, 0.05) is 11.6 Å². The van der Waals surface area contributed by atoms with Gasteiger partial charge in [-0.15, -0.1) is 0 Å². The number of nitrogens with one attached hydrogen (secondary N) is 1. The molecule has 29 heavy (non-hydrogen) atoms. The van der Waals surface area contributed by atoms with E-state index in [-0.39, 0.29) is 6.79 Å². The first-order valence-electron chi connectivity index (χ1n) is 8.85. The van der Waals surface area contributed by atoms with Crippen LogP contribution in [-0.4, -0.2) is 24.0 Å². The fourth-order valence-corrected chi connectivity index (χ4v) is 3.26. The van der Waals surface area contributed by atoms with Gasteiger partial charge in [-0.1, -0.05) is 72.3 Å². The number of nitrogens with zero attached hydrogens (tertiary/aromatic N) is 1. The molecule has 3 aromatic carbocycles. The predicted octanol–water partition coefficient (Wildman–Crippen LogP) is 3.45. The van der Waals surface area contributed by atoms with Crippen molar-refractivity contribution in [1.29, 1.82) is 0 Å². The summed E-state index contributed by atoms with van der Waals surface area (Å²) in [4.78, 5) is 13.0. The first-order valence-corrected chi connectivity index (χ1v) is 9.23. The smallest absolute Gasteiger partial charge is 0.281 e. The quantitative estimate of drug-likeness (QED) is 0.500. The number of hydrazone groups is 1. The summed E-state index contributed by atoms with van der Waals surface area (Å²) in [6.45, 7) is 0.129. The van der Waals surface area contributed by atoms with E-state index in [1.165, 1.54) is 6.21 Å². The molecule has 1 aliphatic heterocycles. The topological polar surface area (TPSA) is 80.2 Å². The lowest BCUT2D eigenvalue weighted by Gasteiger charge is -2.27. The highest BCUT2D eigenvalue weighted by molar-refractivity contribution is 6.33. The molecular weight excluding hydrogens is 392 g/mol. The van der Waals surface area contributed by atoms with Crippen LogP contribution in [0.5, 0.6) is 11.5 Å². The Balaban J connectivity index is 1.60. The van der Waals surface area contributed by atoms with Gasteiger partial charge in [0.1, 0.15) is 0 Å². The Hall–Kier alpha value is -3.35. The van der Waals surface area contributed by atoms with Crippen molar-refractivity contribution in [3.63, 3.8) is 0 Å². The molecule has 0 aliphatic carbocycles. The van der Waals surface area contributed by atoms with Crippen LogP contribution in [0.4, 0.5) is 0 Å². The summed E-state index contributed by atoms with van der Waals surface area (Å²) >= 11 is 6.22. The molecule has 0 spiro atoms. The summed E-state index contributed by atoms with van der Waals surface area (Å²) in [7, 11) is 0. The molecule has 6 nitrogen and oxygen atoms in total. The fourth-order valence-electron chi connectivity index (χ4n) is 3.06. The van der Waals surface area contributed by atoms with E-state index in [9.17, 15) is 9.90 Å². The first-order chi connectivity index (χ1) is 14.1. The van der Waals surface area contributed by atoms with Crippen LogP contribution in [0.3, 0.4) is 0 Å². The fraction of sp³-hybridized carbons (Fsp3) is 0.0909. The Morgan fingerprint density at radius 3 is 2.14 bits per heavy atom. The molecular formula is C22H17ClN2O4. The summed E-state index contributed by atoms with van der Waals surface area (Å²) in [5, 5.41) is 15.7.